The molecule has 160 valence electrons. The Morgan fingerprint density at radius 3 is 2.60 bits per heavy atom. The van der Waals surface area contributed by atoms with Crippen LogP contribution in [0.3, 0.4) is 0 Å². The van der Waals surface area contributed by atoms with Crippen LogP contribution in [-0.2, 0) is 24.2 Å². The third-order valence-corrected chi connectivity index (χ3v) is 6.44. The summed E-state index contributed by atoms with van der Waals surface area (Å²) in [7, 11) is 0. The molecule has 5 nitrogen and oxygen atoms in total. The van der Waals surface area contributed by atoms with Gasteiger partial charge in [-0.25, -0.2) is 4.39 Å². The van der Waals surface area contributed by atoms with E-state index in [0.29, 0.717) is 6.54 Å². The van der Waals surface area contributed by atoms with Crippen molar-refractivity contribution in [3.05, 3.63) is 65.0 Å². The molecule has 0 spiro atoms. The molecular weight excluding hydrogens is 381 g/mol. The highest BCUT2D eigenvalue weighted by Crippen LogP contribution is 2.25. The summed E-state index contributed by atoms with van der Waals surface area (Å²) in [5, 5.41) is 3.05. The molecule has 0 aromatic heterocycles. The number of rotatable bonds is 7. The van der Waals surface area contributed by atoms with E-state index >= 15 is 0 Å². The van der Waals surface area contributed by atoms with Crippen molar-refractivity contribution >= 4 is 5.91 Å². The van der Waals surface area contributed by atoms with Crippen LogP contribution in [0.2, 0.25) is 0 Å². The first kappa shape index (κ1) is 20.8. The van der Waals surface area contributed by atoms with Gasteiger partial charge >= 0.3 is 0 Å². The number of quaternary nitrogens is 2. The first-order valence-corrected chi connectivity index (χ1v) is 11.0. The lowest BCUT2D eigenvalue weighted by Gasteiger charge is -2.32. The van der Waals surface area contributed by atoms with Gasteiger partial charge in [0.05, 0.1) is 6.61 Å². The minimum absolute atomic E-state index is 0.0445. The van der Waals surface area contributed by atoms with Crippen molar-refractivity contribution in [2.24, 2.45) is 0 Å². The molecule has 30 heavy (non-hydrogen) atoms. The highest BCUT2D eigenvalue weighted by molar-refractivity contribution is 5.79. The third kappa shape index (κ3) is 5.18. The number of halogens is 1. The smallest absolute Gasteiger partial charge is 0.278 e. The van der Waals surface area contributed by atoms with E-state index in [0.717, 1.165) is 63.5 Å². The lowest BCUT2D eigenvalue weighted by molar-refractivity contribution is -1.02. The van der Waals surface area contributed by atoms with Crippen LogP contribution in [0.1, 0.15) is 23.6 Å². The van der Waals surface area contributed by atoms with Crippen molar-refractivity contribution in [2.75, 3.05) is 39.3 Å². The molecule has 1 amide bonds. The van der Waals surface area contributed by atoms with E-state index in [2.05, 4.69) is 23.5 Å². The first-order chi connectivity index (χ1) is 14.6. The number of carbonyl (C=O) groups excluding carboxylic acids is 1. The van der Waals surface area contributed by atoms with Crippen molar-refractivity contribution < 1.29 is 23.7 Å². The molecule has 0 bridgehead atoms. The Morgan fingerprint density at radius 1 is 1.10 bits per heavy atom. The minimum Gasteiger partial charge on any atom is -0.493 e. The molecule has 0 aliphatic carbocycles. The zero-order valence-electron chi connectivity index (χ0n) is 17.7. The van der Waals surface area contributed by atoms with Gasteiger partial charge in [-0.1, -0.05) is 12.1 Å². The van der Waals surface area contributed by atoms with Gasteiger partial charge in [0.1, 0.15) is 44.3 Å². The van der Waals surface area contributed by atoms with Crippen LogP contribution >= 0.6 is 0 Å². The van der Waals surface area contributed by atoms with E-state index < -0.39 is 0 Å². The monoisotopic (exact) mass is 413 g/mol. The number of carbonyl (C=O) groups is 1. The fraction of sp³-hybridized carbons (Fsp3) is 0.458. The van der Waals surface area contributed by atoms with Crippen LogP contribution in [0.5, 0.6) is 5.75 Å². The Balaban J connectivity index is 1.19. The van der Waals surface area contributed by atoms with Gasteiger partial charge in [-0.3, -0.25) is 4.79 Å². The number of fused-ring (bicyclic) bond motifs is 1. The summed E-state index contributed by atoms with van der Waals surface area (Å²) in [6.07, 6.45) is 1.74. The fourth-order valence-corrected chi connectivity index (χ4v) is 4.49. The Morgan fingerprint density at radius 2 is 1.83 bits per heavy atom. The predicted molar refractivity (Wildman–Crippen MR) is 113 cm³/mol. The van der Waals surface area contributed by atoms with Crippen LogP contribution in [0.15, 0.2) is 42.5 Å². The summed E-state index contributed by atoms with van der Waals surface area (Å²) >= 11 is 0. The van der Waals surface area contributed by atoms with Gasteiger partial charge in [-0.15, -0.1) is 0 Å². The zero-order valence-corrected chi connectivity index (χ0v) is 17.7. The SMILES string of the molecule is C[C@H](C(=O)NCCc1ccc(F)cc1)[NH+]1CC[NH+](Cc2ccc3c(c2)CCO3)CC1. The lowest BCUT2D eigenvalue weighted by atomic mass is 10.1. The van der Waals surface area contributed by atoms with E-state index in [-0.39, 0.29) is 17.8 Å². The average Bonchev–Trinajstić information content (AvgIpc) is 3.23. The summed E-state index contributed by atoms with van der Waals surface area (Å²) < 4.78 is 18.6. The largest absolute Gasteiger partial charge is 0.493 e. The van der Waals surface area contributed by atoms with E-state index in [1.807, 2.05) is 6.92 Å². The highest BCUT2D eigenvalue weighted by atomic mass is 19.1. The Hall–Kier alpha value is -2.44. The molecular formula is C24H32FN3O2+2. The van der Waals surface area contributed by atoms with Crippen LogP contribution in [-0.4, -0.2) is 51.3 Å². The number of hydrogen-bond donors (Lipinski definition) is 3. The fourth-order valence-electron chi connectivity index (χ4n) is 4.49. The standard InChI is InChI=1S/C24H30FN3O2/c1-18(24(29)26-10-8-19-2-5-22(25)6-3-19)28-13-11-27(12-14-28)17-20-4-7-23-21(16-20)9-15-30-23/h2-7,16,18H,8-15,17H2,1H3,(H,26,29)/p+2/t18-/m1/s1. The van der Waals surface area contributed by atoms with Crippen molar-refractivity contribution in [3.63, 3.8) is 0 Å². The molecule has 1 fully saturated rings. The number of piperazine rings is 1. The molecule has 3 N–H and O–H groups in total. The Labute approximate surface area is 177 Å². The Kier molecular flexibility index (Phi) is 6.65. The molecule has 2 aromatic rings. The average molecular weight is 414 g/mol. The minimum atomic E-state index is -0.230. The van der Waals surface area contributed by atoms with Gasteiger partial charge in [0.25, 0.3) is 5.91 Å². The van der Waals surface area contributed by atoms with Gasteiger partial charge in [-0.2, -0.15) is 0 Å². The molecule has 1 saturated heterocycles. The number of hydrogen-bond acceptors (Lipinski definition) is 2. The Bertz CT molecular complexity index is 863. The zero-order chi connectivity index (χ0) is 20.9. The molecule has 6 heteroatoms. The van der Waals surface area contributed by atoms with Crippen LogP contribution in [0.25, 0.3) is 0 Å². The molecule has 2 aliphatic heterocycles. The second-order valence-corrected chi connectivity index (χ2v) is 8.51. The predicted octanol–water partition coefficient (Wildman–Crippen LogP) is -0.209. The highest BCUT2D eigenvalue weighted by Gasteiger charge is 2.31. The first-order valence-electron chi connectivity index (χ1n) is 11.0. The number of benzene rings is 2. The molecule has 2 heterocycles. The van der Waals surface area contributed by atoms with Crippen molar-refractivity contribution in [3.8, 4) is 5.75 Å². The molecule has 0 saturated carbocycles. The van der Waals surface area contributed by atoms with Gasteiger partial charge < -0.3 is 19.9 Å². The van der Waals surface area contributed by atoms with Gasteiger partial charge in [-0.05, 0) is 54.8 Å². The number of nitrogens with one attached hydrogen (secondary N) is 3. The summed E-state index contributed by atoms with van der Waals surface area (Å²) in [5.74, 6) is 0.919. The maximum Gasteiger partial charge on any atom is 0.278 e. The quantitative estimate of drug-likeness (QED) is 0.589. The molecule has 1 atom stereocenters. The van der Waals surface area contributed by atoms with Gasteiger partial charge in [0.15, 0.2) is 6.04 Å². The topological polar surface area (TPSA) is 47.2 Å². The molecule has 0 unspecified atom stereocenters. The van der Waals surface area contributed by atoms with Gasteiger partial charge in [0.2, 0.25) is 0 Å². The summed E-state index contributed by atoms with van der Waals surface area (Å²) in [4.78, 5) is 15.5. The van der Waals surface area contributed by atoms with E-state index in [1.165, 1.54) is 28.2 Å². The molecule has 2 aliphatic rings. The van der Waals surface area contributed by atoms with Crippen molar-refractivity contribution in [2.45, 2.75) is 32.4 Å². The summed E-state index contributed by atoms with van der Waals surface area (Å²) in [6.45, 7) is 8.63. The maximum absolute atomic E-state index is 13.0. The normalized spacial score (nSPS) is 21.5. The maximum atomic E-state index is 13.0. The molecule has 0 radical (unpaired) electrons. The van der Waals surface area contributed by atoms with E-state index in [9.17, 15) is 9.18 Å². The number of ether oxygens (including phenoxy) is 1. The summed E-state index contributed by atoms with van der Waals surface area (Å²) in [5.41, 5.74) is 3.75. The van der Waals surface area contributed by atoms with Crippen LogP contribution < -0.4 is 19.9 Å². The second-order valence-electron chi connectivity index (χ2n) is 8.51. The lowest BCUT2D eigenvalue weighted by Crippen LogP contribution is -3.29. The van der Waals surface area contributed by atoms with Gasteiger partial charge in [0, 0.05) is 18.5 Å². The van der Waals surface area contributed by atoms with Crippen LogP contribution in [0, 0.1) is 5.82 Å². The van der Waals surface area contributed by atoms with Crippen LogP contribution in [0.4, 0.5) is 4.39 Å². The molecule has 2 aromatic carbocycles. The van der Waals surface area contributed by atoms with Crippen molar-refractivity contribution in [1.82, 2.24) is 5.32 Å². The third-order valence-electron chi connectivity index (χ3n) is 6.44. The van der Waals surface area contributed by atoms with Crippen molar-refractivity contribution in [1.29, 1.82) is 0 Å². The second kappa shape index (κ2) is 9.58. The van der Waals surface area contributed by atoms with E-state index in [4.69, 9.17) is 4.74 Å². The van der Waals surface area contributed by atoms with E-state index in [1.54, 1.807) is 17.0 Å². The molecule has 4 rings (SSSR count). The summed E-state index contributed by atoms with van der Waals surface area (Å²) in [6, 6.07) is 13.0. The number of amides is 1.